The Balaban J connectivity index is 1.92. The lowest BCUT2D eigenvalue weighted by Gasteiger charge is -2.42. The highest BCUT2D eigenvalue weighted by Crippen LogP contribution is 2.29. The van der Waals surface area contributed by atoms with Crippen LogP contribution in [0.2, 0.25) is 0 Å². The molecule has 0 spiro atoms. The number of methoxy groups -OCH3 is 1. The molecular weight excluding hydrogens is 412 g/mol. The zero-order chi connectivity index (χ0) is 22.4. The Morgan fingerprint density at radius 2 is 1.55 bits per heavy atom. The van der Waals surface area contributed by atoms with E-state index in [0.29, 0.717) is 18.1 Å². The van der Waals surface area contributed by atoms with Crippen LogP contribution in [0.5, 0.6) is 0 Å². The molecule has 0 N–H and O–H groups in total. The number of benzene rings is 2. The van der Waals surface area contributed by atoms with Crippen LogP contribution in [0, 0.1) is 0 Å². The third-order valence-electron chi connectivity index (χ3n) is 5.40. The predicted molar refractivity (Wildman–Crippen MR) is 122 cm³/mol. The van der Waals surface area contributed by atoms with Gasteiger partial charge in [-0.2, -0.15) is 0 Å². The maximum absolute atomic E-state index is 13.8. The molecule has 3 rings (SSSR count). The van der Waals surface area contributed by atoms with Gasteiger partial charge in [0, 0.05) is 19.6 Å². The first-order chi connectivity index (χ1) is 14.9. The second-order valence-corrected chi connectivity index (χ2v) is 8.01. The Morgan fingerprint density at radius 3 is 2.03 bits per heavy atom. The zero-order valence-corrected chi connectivity index (χ0v) is 18.5. The summed E-state index contributed by atoms with van der Waals surface area (Å²) in [7, 11) is 1.31. The van der Waals surface area contributed by atoms with Crippen LogP contribution in [-0.2, 0) is 19.1 Å². The molecule has 0 aliphatic carbocycles. The molecule has 1 saturated heterocycles. The quantitative estimate of drug-likeness (QED) is 0.510. The van der Waals surface area contributed by atoms with E-state index < -0.39 is 17.9 Å². The summed E-state index contributed by atoms with van der Waals surface area (Å²) in [6.45, 7) is 2.46. The van der Waals surface area contributed by atoms with E-state index in [1.165, 1.54) is 14.0 Å². The first kappa shape index (κ1) is 22.6. The van der Waals surface area contributed by atoms with Crippen molar-refractivity contribution in [2.75, 3.05) is 26.7 Å². The van der Waals surface area contributed by atoms with Crippen molar-refractivity contribution in [1.29, 1.82) is 0 Å². The number of rotatable bonds is 6. The Bertz CT molecular complexity index is 909. The lowest BCUT2D eigenvalue weighted by atomic mass is 9.89. The van der Waals surface area contributed by atoms with Crippen molar-refractivity contribution >= 4 is 34.9 Å². The lowest BCUT2D eigenvalue weighted by molar-refractivity contribution is -0.155. The van der Waals surface area contributed by atoms with Crippen molar-refractivity contribution in [3.63, 3.8) is 0 Å². The highest BCUT2D eigenvalue weighted by molar-refractivity contribution is 7.80. The largest absolute Gasteiger partial charge is 0.467 e. The Morgan fingerprint density at radius 1 is 1.00 bits per heavy atom. The van der Waals surface area contributed by atoms with Gasteiger partial charge >= 0.3 is 5.97 Å². The molecule has 1 heterocycles. The molecular formula is C24H26N2O4S. The Labute approximate surface area is 187 Å². The maximum Gasteiger partial charge on any atom is 0.330 e. The van der Waals surface area contributed by atoms with Crippen molar-refractivity contribution in [3.05, 3.63) is 71.8 Å². The number of hydrogen-bond acceptors (Lipinski definition) is 5. The van der Waals surface area contributed by atoms with Crippen molar-refractivity contribution < 1.29 is 19.1 Å². The number of thiocarbonyl (C=S) groups is 1. The number of esters is 1. The second-order valence-electron chi connectivity index (χ2n) is 7.54. The van der Waals surface area contributed by atoms with E-state index in [9.17, 15) is 14.4 Å². The molecule has 0 bridgehead atoms. The summed E-state index contributed by atoms with van der Waals surface area (Å²) in [6, 6.07) is 18.3. The summed E-state index contributed by atoms with van der Waals surface area (Å²) >= 11 is 5.38. The number of ether oxygens (including phenoxy) is 1. The minimum Gasteiger partial charge on any atom is -0.467 e. The van der Waals surface area contributed by atoms with Crippen LogP contribution in [0.1, 0.15) is 30.4 Å². The van der Waals surface area contributed by atoms with Gasteiger partial charge in [0.2, 0.25) is 5.91 Å². The minimum atomic E-state index is -0.800. The van der Waals surface area contributed by atoms with Crippen molar-refractivity contribution in [2.24, 2.45) is 0 Å². The smallest absolute Gasteiger partial charge is 0.330 e. The fourth-order valence-corrected chi connectivity index (χ4v) is 4.24. The van der Waals surface area contributed by atoms with Crippen LogP contribution in [0.25, 0.3) is 0 Å². The van der Waals surface area contributed by atoms with Crippen LogP contribution < -0.4 is 0 Å². The summed E-state index contributed by atoms with van der Waals surface area (Å²) in [5.41, 5.74) is 1.72. The Kier molecular flexibility index (Phi) is 7.52. The van der Waals surface area contributed by atoms with Crippen molar-refractivity contribution in [1.82, 2.24) is 9.80 Å². The van der Waals surface area contributed by atoms with Gasteiger partial charge in [-0.3, -0.25) is 9.59 Å². The first-order valence-electron chi connectivity index (χ1n) is 10.2. The van der Waals surface area contributed by atoms with Gasteiger partial charge in [0.25, 0.3) is 0 Å². The molecule has 1 aliphatic rings. The van der Waals surface area contributed by atoms with Gasteiger partial charge in [0.15, 0.2) is 0 Å². The van der Waals surface area contributed by atoms with Crippen molar-refractivity contribution in [2.45, 2.75) is 25.3 Å². The molecule has 0 aromatic heterocycles. The molecule has 1 amide bonds. The standard InChI is InChI=1S/C24H26N2O4S/c1-17(27)15-21(31)25-13-14-26(20(16-25)24(29)30-2)23(28)22(18-9-5-3-6-10-18)19-11-7-4-8-12-19/h3-12,20,22H,13-16H2,1-2H3. The van der Waals surface area contributed by atoms with E-state index in [2.05, 4.69) is 0 Å². The lowest BCUT2D eigenvalue weighted by Crippen LogP contribution is -2.60. The van der Waals surface area contributed by atoms with Crippen LogP contribution in [0.15, 0.2) is 60.7 Å². The third-order valence-corrected chi connectivity index (χ3v) is 5.80. The average Bonchev–Trinajstić information content (AvgIpc) is 2.79. The molecule has 1 aliphatic heterocycles. The van der Waals surface area contributed by atoms with Gasteiger partial charge in [-0.25, -0.2) is 4.79 Å². The molecule has 31 heavy (non-hydrogen) atoms. The van der Waals surface area contributed by atoms with Gasteiger partial charge in [-0.1, -0.05) is 72.9 Å². The number of Topliss-reactive ketones (excluding diaryl/α,β-unsaturated/α-hetero) is 1. The van der Waals surface area contributed by atoms with E-state index in [-0.39, 0.29) is 24.7 Å². The summed E-state index contributed by atoms with van der Waals surface area (Å²) in [4.78, 5) is 41.8. The number of piperazine rings is 1. The van der Waals surface area contributed by atoms with E-state index >= 15 is 0 Å². The van der Waals surface area contributed by atoms with Gasteiger partial charge in [-0.05, 0) is 18.1 Å². The van der Waals surface area contributed by atoms with Gasteiger partial charge in [0.05, 0.1) is 24.4 Å². The number of nitrogens with zero attached hydrogens (tertiary/aromatic N) is 2. The molecule has 1 fully saturated rings. The molecule has 2 aromatic rings. The van der Waals surface area contributed by atoms with Gasteiger partial charge in [-0.15, -0.1) is 0 Å². The highest BCUT2D eigenvalue weighted by atomic mass is 32.1. The fraction of sp³-hybridized carbons (Fsp3) is 0.333. The summed E-state index contributed by atoms with van der Waals surface area (Å²) in [6.07, 6.45) is 0.147. The van der Waals surface area contributed by atoms with E-state index in [0.717, 1.165) is 11.1 Å². The number of amides is 1. The van der Waals surface area contributed by atoms with Crippen molar-refractivity contribution in [3.8, 4) is 0 Å². The van der Waals surface area contributed by atoms with Crippen LogP contribution in [0.3, 0.4) is 0 Å². The molecule has 7 heteroatoms. The molecule has 2 aromatic carbocycles. The molecule has 6 nitrogen and oxygen atoms in total. The first-order valence-corrected chi connectivity index (χ1v) is 10.6. The SMILES string of the molecule is COC(=O)C1CN(C(=S)CC(C)=O)CCN1C(=O)C(c1ccccc1)c1ccccc1. The van der Waals surface area contributed by atoms with Crippen LogP contribution in [0.4, 0.5) is 0 Å². The van der Waals surface area contributed by atoms with Gasteiger partial charge < -0.3 is 14.5 Å². The van der Waals surface area contributed by atoms with E-state index in [4.69, 9.17) is 17.0 Å². The Hall–Kier alpha value is -3.06. The number of ketones is 1. The van der Waals surface area contributed by atoms with Crippen LogP contribution in [-0.4, -0.2) is 65.2 Å². The topological polar surface area (TPSA) is 66.9 Å². The molecule has 0 radical (unpaired) electrons. The zero-order valence-electron chi connectivity index (χ0n) is 17.7. The predicted octanol–water partition coefficient (Wildman–Crippen LogP) is 2.81. The van der Waals surface area contributed by atoms with E-state index in [1.54, 1.807) is 4.90 Å². The molecule has 1 unspecified atom stereocenters. The van der Waals surface area contributed by atoms with Crippen LogP contribution >= 0.6 is 12.2 Å². The second kappa shape index (κ2) is 10.3. The average molecular weight is 439 g/mol. The normalized spacial score (nSPS) is 16.2. The molecule has 0 saturated carbocycles. The minimum absolute atomic E-state index is 0.0358. The summed E-state index contributed by atoms with van der Waals surface area (Å²) in [5, 5.41) is 0. The number of carbonyl (C=O) groups excluding carboxylic acids is 3. The summed E-state index contributed by atoms with van der Waals surface area (Å²) < 4.78 is 5.00. The highest BCUT2D eigenvalue weighted by Gasteiger charge is 2.40. The summed E-state index contributed by atoms with van der Waals surface area (Å²) in [5.74, 6) is -1.23. The molecule has 162 valence electrons. The molecule has 1 atom stereocenters. The van der Waals surface area contributed by atoms with E-state index in [1.807, 2.05) is 65.6 Å². The third kappa shape index (κ3) is 5.35. The van der Waals surface area contributed by atoms with Gasteiger partial charge in [0.1, 0.15) is 11.8 Å². The fourth-order valence-electron chi connectivity index (χ4n) is 3.87. The number of hydrogen-bond donors (Lipinski definition) is 0. The maximum atomic E-state index is 13.8. The number of carbonyl (C=O) groups is 3. The monoisotopic (exact) mass is 438 g/mol.